The van der Waals surface area contributed by atoms with E-state index in [2.05, 4.69) is 5.32 Å². The SMILES string of the molecule is N#Cc1cccc(CNC(=O)c2ccc(F)cc2F)c1. The molecule has 0 bridgehead atoms. The van der Waals surface area contributed by atoms with Crippen molar-refractivity contribution in [1.82, 2.24) is 5.32 Å². The summed E-state index contributed by atoms with van der Waals surface area (Å²) in [7, 11) is 0. The monoisotopic (exact) mass is 272 g/mol. The van der Waals surface area contributed by atoms with Gasteiger partial charge in [-0.25, -0.2) is 8.78 Å². The second-order valence-corrected chi connectivity index (χ2v) is 4.12. The summed E-state index contributed by atoms with van der Waals surface area (Å²) in [6.45, 7) is 0.158. The minimum absolute atomic E-state index is 0.158. The molecular weight excluding hydrogens is 262 g/mol. The van der Waals surface area contributed by atoms with Crippen LogP contribution in [0.25, 0.3) is 0 Å². The molecule has 0 atom stereocenters. The molecule has 1 N–H and O–H groups in total. The van der Waals surface area contributed by atoms with Gasteiger partial charge in [-0.15, -0.1) is 0 Å². The molecule has 0 saturated carbocycles. The van der Waals surface area contributed by atoms with E-state index in [1.54, 1.807) is 24.3 Å². The zero-order valence-electron chi connectivity index (χ0n) is 10.4. The predicted octanol–water partition coefficient (Wildman–Crippen LogP) is 2.77. The van der Waals surface area contributed by atoms with E-state index in [9.17, 15) is 13.6 Å². The molecule has 0 radical (unpaired) electrons. The Bertz CT molecular complexity index is 693. The van der Waals surface area contributed by atoms with E-state index in [1.165, 1.54) is 0 Å². The number of nitrogens with zero attached hydrogens (tertiary/aromatic N) is 1. The molecule has 5 heteroatoms. The first kappa shape index (κ1) is 13.7. The van der Waals surface area contributed by atoms with Crippen molar-refractivity contribution in [2.75, 3.05) is 0 Å². The van der Waals surface area contributed by atoms with E-state index in [-0.39, 0.29) is 12.1 Å². The largest absolute Gasteiger partial charge is 0.348 e. The van der Waals surface area contributed by atoms with Gasteiger partial charge in [0.05, 0.1) is 17.2 Å². The lowest BCUT2D eigenvalue weighted by Gasteiger charge is -2.06. The highest BCUT2D eigenvalue weighted by atomic mass is 19.1. The van der Waals surface area contributed by atoms with Crippen LogP contribution in [-0.4, -0.2) is 5.91 Å². The summed E-state index contributed by atoms with van der Waals surface area (Å²) < 4.78 is 26.1. The van der Waals surface area contributed by atoms with Gasteiger partial charge in [-0.1, -0.05) is 12.1 Å². The molecule has 2 aromatic rings. The number of nitrogens with one attached hydrogen (secondary N) is 1. The molecule has 0 aliphatic heterocycles. The average molecular weight is 272 g/mol. The number of hydrogen-bond acceptors (Lipinski definition) is 2. The maximum absolute atomic E-state index is 13.4. The zero-order chi connectivity index (χ0) is 14.5. The van der Waals surface area contributed by atoms with Crippen molar-refractivity contribution in [2.45, 2.75) is 6.54 Å². The molecule has 0 fully saturated rings. The van der Waals surface area contributed by atoms with Crippen molar-refractivity contribution in [3.8, 4) is 6.07 Å². The summed E-state index contributed by atoms with van der Waals surface area (Å²) in [6.07, 6.45) is 0. The maximum atomic E-state index is 13.4. The topological polar surface area (TPSA) is 52.9 Å². The first-order valence-electron chi connectivity index (χ1n) is 5.82. The molecule has 0 saturated heterocycles. The van der Waals surface area contributed by atoms with E-state index >= 15 is 0 Å². The average Bonchev–Trinajstić information content (AvgIpc) is 2.45. The normalized spacial score (nSPS) is 9.85. The number of rotatable bonds is 3. The first-order valence-corrected chi connectivity index (χ1v) is 5.82. The van der Waals surface area contributed by atoms with Gasteiger partial charge in [0.15, 0.2) is 0 Å². The number of amides is 1. The molecule has 0 aliphatic carbocycles. The molecule has 1 amide bonds. The third kappa shape index (κ3) is 3.18. The third-order valence-corrected chi connectivity index (χ3v) is 2.68. The van der Waals surface area contributed by atoms with Gasteiger partial charge in [-0.3, -0.25) is 4.79 Å². The molecule has 2 rings (SSSR count). The predicted molar refractivity (Wildman–Crippen MR) is 68.7 cm³/mol. The molecule has 2 aromatic carbocycles. The van der Waals surface area contributed by atoms with Crippen LogP contribution in [0.15, 0.2) is 42.5 Å². The van der Waals surface area contributed by atoms with Crippen LogP contribution in [0.5, 0.6) is 0 Å². The standard InChI is InChI=1S/C15H10F2N2O/c16-12-4-5-13(14(17)7-12)15(20)19-9-11-3-1-2-10(6-11)8-18/h1-7H,9H2,(H,19,20). The van der Waals surface area contributed by atoms with Crippen molar-refractivity contribution >= 4 is 5.91 Å². The Balaban J connectivity index is 2.07. The minimum Gasteiger partial charge on any atom is -0.348 e. The molecule has 0 heterocycles. The van der Waals surface area contributed by atoms with E-state index in [0.29, 0.717) is 11.6 Å². The Morgan fingerprint density at radius 1 is 1.20 bits per heavy atom. The summed E-state index contributed by atoms with van der Waals surface area (Å²) in [5.74, 6) is -2.28. The van der Waals surface area contributed by atoms with Crippen LogP contribution in [0.4, 0.5) is 8.78 Å². The van der Waals surface area contributed by atoms with E-state index in [1.807, 2.05) is 6.07 Å². The summed E-state index contributed by atoms with van der Waals surface area (Å²) in [6, 6.07) is 11.5. The van der Waals surface area contributed by atoms with E-state index in [4.69, 9.17) is 5.26 Å². The summed E-state index contributed by atoms with van der Waals surface area (Å²) in [5, 5.41) is 11.3. The van der Waals surface area contributed by atoms with E-state index in [0.717, 1.165) is 17.7 Å². The number of carbonyl (C=O) groups excluding carboxylic acids is 1. The van der Waals surface area contributed by atoms with Crippen molar-refractivity contribution < 1.29 is 13.6 Å². The summed E-state index contributed by atoms with van der Waals surface area (Å²) in [5.41, 5.74) is 0.979. The Hall–Kier alpha value is -2.74. The van der Waals surface area contributed by atoms with Crippen LogP contribution >= 0.6 is 0 Å². The molecule has 0 spiro atoms. The Morgan fingerprint density at radius 2 is 2.00 bits per heavy atom. The second kappa shape index (κ2) is 5.93. The van der Waals surface area contributed by atoms with Gasteiger partial charge in [-0.05, 0) is 29.8 Å². The lowest BCUT2D eigenvalue weighted by Crippen LogP contribution is -2.23. The fourth-order valence-corrected chi connectivity index (χ4v) is 1.70. The lowest BCUT2D eigenvalue weighted by molar-refractivity contribution is 0.0947. The molecule has 3 nitrogen and oxygen atoms in total. The van der Waals surface area contributed by atoms with Gasteiger partial charge in [-0.2, -0.15) is 5.26 Å². The first-order chi connectivity index (χ1) is 9.60. The highest BCUT2D eigenvalue weighted by Crippen LogP contribution is 2.10. The van der Waals surface area contributed by atoms with Gasteiger partial charge in [0, 0.05) is 12.6 Å². The lowest BCUT2D eigenvalue weighted by atomic mass is 10.1. The molecular formula is C15H10F2N2O. The molecule has 0 aromatic heterocycles. The Morgan fingerprint density at radius 3 is 2.70 bits per heavy atom. The zero-order valence-corrected chi connectivity index (χ0v) is 10.4. The number of nitriles is 1. The quantitative estimate of drug-likeness (QED) is 0.934. The summed E-state index contributed by atoms with van der Waals surface area (Å²) >= 11 is 0. The molecule has 20 heavy (non-hydrogen) atoms. The maximum Gasteiger partial charge on any atom is 0.254 e. The molecule has 100 valence electrons. The number of hydrogen-bond donors (Lipinski definition) is 1. The van der Waals surface area contributed by atoms with Crippen molar-refractivity contribution in [2.24, 2.45) is 0 Å². The smallest absolute Gasteiger partial charge is 0.254 e. The highest BCUT2D eigenvalue weighted by Gasteiger charge is 2.12. The Labute approximate surface area is 114 Å². The highest BCUT2D eigenvalue weighted by molar-refractivity contribution is 5.94. The van der Waals surface area contributed by atoms with Crippen LogP contribution in [-0.2, 0) is 6.54 Å². The van der Waals surface area contributed by atoms with Gasteiger partial charge in [0.1, 0.15) is 11.6 Å². The summed E-state index contributed by atoms with van der Waals surface area (Å²) in [4.78, 5) is 11.8. The van der Waals surface area contributed by atoms with Crippen molar-refractivity contribution in [1.29, 1.82) is 5.26 Å². The third-order valence-electron chi connectivity index (χ3n) is 2.68. The Kier molecular flexibility index (Phi) is 4.06. The van der Waals surface area contributed by atoms with Crippen molar-refractivity contribution in [3.05, 3.63) is 70.8 Å². The van der Waals surface area contributed by atoms with Crippen LogP contribution in [0.2, 0.25) is 0 Å². The van der Waals surface area contributed by atoms with Crippen LogP contribution in [0.3, 0.4) is 0 Å². The fraction of sp³-hybridized carbons (Fsp3) is 0.0667. The van der Waals surface area contributed by atoms with Crippen LogP contribution in [0, 0.1) is 23.0 Å². The second-order valence-electron chi connectivity index (χ2n) is 4.12. The van der Waals surface area contributed by atoms with Crippen LogP contribution in [0.1, 0.15) is 21.5 Å². The fourth-order valence-electron chi connectivity index (χ4n) is 1.70. The molecule has 0 aliphatic rings. The van der Waals surface area contributed by atoms with Gasteiger partial charge >= 0.3 is 0 Å². The van der Waals surface area contributed by atoms with Crippen molar-refractivity contribution in [3.63, 3.8) is 0 Å². The van der Waals surface area contributed by atoms with Gasteiger partial charge in [0.2, 0.25) is 0 Å². The van der Waals surface area contributed by atoms with E-state index < -0.39 is 17.5 Å². The van der Waals surface area contributed by atoms with Crippen LogP contribution < -0.4 is 5.32 Å². The van der Waals surface area contributed by atoms with Gasteiger partial charge < -0.3 is 5.32 Å². The number of carbonyl (C=O) groups is 1. The number of halogens is 2. The number of benzene rings is 2. The molecule has 0 unspecified atom stereocenters. The minimum atomic E-state index is -0.909. The van der Waals surface area contributed by atoms with Gasteiger partial charge in [0.25, 0.3) is 5.91 Å².